The van der Waals surface area contributed by atoms with Crippen LogP contribution in [0, 0.1) is 20.8 Å². The van der Waals surface area contributed by atoms with Crippen LogP contribution >= 0.6 is 0 Å². The van der Waals surface area contributed by atoms with Gasteiger partial charge in [0.15, 0.2) is 0 Å². The van der Waals surface area contributed by atoms with E-state index in [1.165, 1.54) is 0 Å². The van der Waals surface area contributed by atoms with Crippen molar-refractivity contribution in [3.8, 4) is 5.75 Å². The highest BCUT2D eigenvalue weighted by atomic mass is 16.5. The summed E-state index contributed by atoms with van der Waals surface area (Å²) in [6.07, 6.45) is 0. The van der Waals surface area contributed by atoms with E-state index < -0.39 is 0 Å². The molecule has 0 saturated heterocycles. The first-order valence-electron chi connectivity index (χ1n) is 6.55. The van der Waals surface area contributed by atoms with Crippen molar-refractivity contribution in [3.63, 3.8) is 0 Å². The van der Waals surface area contributed by atoms with Crippen LogP contribution in [0.2, 0.25) is 0 Å². The molecular formula is C17H19NO2. The van der Waals surface area contributed by atoms with Gasteiger partial charge in [0.05, 0.1) is 7.11 Å². The predicted molar refractivity (Wildman–Crippen MR) is 81.6 cm³/mol. The molecule has 0 radical (unpaired) electrons. The normalized spacial score (nSPS) is 10.2. The molecule has 0 atom stereocenters. The molecule has 0 bridgehead atoms. The van der Waals surface area contributed by atoms with E-state index >= 15 is 0 Å². The van der Waals surface area contributed by atoms with E-state index in [2.05, 4.69) is 5.32 Å². The first-order chi connectivity index (χ1) is 9.52. The molecule has 0 saturated carbocycles. The Morgan fingerprint density at radius 2 is 1.80 bits per heavy atom. The number of aryl methyl sites for hydroxylation is 2. The second kappa shape index (κ2) is 5.78. The minimum Gasteiger partial charge on any atom is -0.496 e. The standard InChI is InChI=1S/C17H19NO2/c1-11-6-5-7-15(13(11)3)18-17(19)14-8-9-16(20-4)12(2)10-14/h5-10H,1-4H3,(H,18,19). The number of anilines is 1. The van der Waals surface area contributed by atoms with Crippen LogP contribution in [0.25, 0.3) is 0 Å². The molecule has 0 unspecified atom stereocenters. The van der Waals surface area contributed by atoms with Crippen molar-refractivity contribution in [1.82, 2.24) is 0 Å². The largest absolute Gasteiger partial charge is 0.496 e. The molecule has 0 fully saturated rings. The Morgan fingerprint density at radius 3 is 2.45 bits per heavy atom. The lowest BCUT2D eigenvalue weighted by atomic mass is 10.1. The number of benzene rings is 2. The highest BCUT2D eigenvalue weighted by Gasteiger charge is 2.10. The Kier molecular flexibility index (Phi) is 4.08. The predicted octanol–water partition coefficient (Wildman–Crippen LogP) is 3.87. The summed E-state index contributed by atoms with van der Waals surface area (Å²) < 4.78 is 5.20. The van der Waals surface area contributed by atoms with Gasteiger partial charge in [-0.05, 0) is 61.7 Å². The average Bonchev–Trinajstić information content (AvgIpc) is 2.43. The van der Waals surface area contributed by atoms with Crippen LogP contribution in [0.3, 0.4) is 0 Å². The Bertz CT molecular complexity index is 647. The summed E-state index contributed by atoms with van der Waals surface area (Å²) in [6, 6.07) is 11.3. The van der Waals surface area contributed by atoms with Gasteiger partial charge in [-0.1, -0.05) is 12.1 Å². The minimum atomic E-state index is -0.107. The average molecular weight is 269 g/mol. The SMILES string of the molecule is COc1ccc(C(=O)Nc2cccc(C)c2C)cc1C. The first kappa shape index (κ1) is 14.1. The van der Waals surface area contributed by atoms with Crippen molar-refractivity contribution in [1.29, 1.82) is 0 Å². The summed E-state index contributed by atoms with van der Waals surface area (Å²) >= 11 is 0. The van der Waals surface area contributed by atoms with E-state index in [9.17, 15) is 4.79 Å². The molecule has 104 valence electrons. The molecule has 2 aromatic rings. The lowest BCUT2D eigenvalue weighted by molar-refractivity contribution is 0.102. The summed E-state index contributed by atoms with van der Waals surface area (Å²) in [5, 5.41) is 2.95. The fourth-order valence-corrected chi connectivity index (χ4v) is 2.10. The van der Waals surface area contributed by atoms with E-state index in [0.29, 0.717) is 5.56 Å². The molecule has 0 heterocycles. The van der Waals surface area contributed by atoms with Crippen LogP contribution in [0.4, 0.5) is 5.69 Å². The van der Waals surface area contributed by atoms with Crippen molar-refractivity contribution < 1.29 is 9.53 Å². The van der Waals surface area contributed by atoms with Gasteiger partial charge in [-0.15, -0.1) is 0 Å². The first-order valence-corrected chi connectivity index (χ1v) is 6.55. The second-order valence-electron chi connectivity index (χ2n) is 4.89. The van der Waals surface area contributed by atoms with Gasteiger partial charge in [-0.3, -0.25) is 4.79 Å². The van der Waals surface area contributed by atoms with Gasteiger partial charge in [0.25, 0.3) is 5.91 Å². The molecule has 0 aliphatic heterocycles. The second-order valence-corrected chi connectivity index (χ2v) is 4.89. The summed E-state index contributed by atoms with van der Waals surface area (Å²) in [4.78, 5) is 12.3. The van der Waals surface area contributed by atoms with Crippen molar-refractivity contribution >= 4 is 11.6 Å². The van der Waals surface area contributed by atoms with Gasteiger partial charge in [0, 0.05) is 11.3 Å². The van der Waals surface area contributed by atoms with E-state index in [4.69, 9.17) is 4.74 Å². The van der Waals surface area contributed by atoms with Crippen molar-refractivity contribution in [3.05, 3.63) is 58.7 Å². The van der Waals surface area contributed by atoms with Gasteiger partial charge in [-0.25, -0.2) is 0 Å². The number of methoxy groups -OCH3 is 1. The molecule has 3 nitrogen and oxygen atoms in total. The van der Waals surface area contributed by atoms with Crippen LogP contribution in [-0.4, -0.2) is 13.0 Å². The zero-order valence-corrected chi connectivity index (χ0v) is 12.3. The van der Waals surface area contributed by atoms with Crippen LogP contribution in [0.1, 0.15) is 27.0 Å². The Labute approximate surface area is 119 Å². The van der Waals surface area contributed by atoms with E-state index in [1.807, 2.05) is 51.1 Å². The number of carbonyl (C=O) groups excluding carboxylic acids is 1. The Hall–Kier alpha value is -2.29. The monoisotopic (exact) mass is 269 g/mol. The van der Waals surface area contributed by atoms with Crippen molar-refractivity contribution in [2.45, 2.75) is 20.8 Å². The molecule has 0 spiro atoms. The maximum absolute atomic E-state index is 12.3. The van der Waals surface area contributed by atoms with Crippen molar-refractivity contribution in [2.24, 2.45) is 0 Å². The van der Waals surface area contributed by atoms with Crippen LogP contribution in [0.15, 0.2) is 36.4 Å². The van der Waals surface area contributed by atoms with Gasteiger partial charge in [0.2, 0.25) is 0 Å². The number of nitrogens with one attached hydrogen (secondary N) is 1. The Morgan fingerprint density at radius 1 is 1.05 bits per heavy atom. The molecule has 0 aromatic heterocycles. The van der Waals surface area contributed by atoms with Gasteiger partial charge >= 0.3 is 0 Å². The fraction of sp³-hybridized carbons (Fsp3) is 0.235. The third-order valence-electron chi connectivity index (χ3n) is 3.51. The van der Waals surface area contributed by atoms with Crippen LogP contribution < -0.4 is 10.1 Å². The molecule has 1 amide bonds. The maximum Gasteiger partial charge on any atom is 0.255 e. The lowest BCUT2D eigenvalue weighted by Crippen LogP contribution is -2.13. The summed E-state index contributed by atoms with van der Waals surface area (Å²) in [7, 11) is 1.62. The summed E-state index contributed by atoms with van der Waals surface area (Å²) in [5.41, 5.74) is 4.67. The molecule has 0 aliphatic carbocycles. The van der Waals surface area contributed by atoms with E-state index in [0.717, 1.165) is 28.1 Å². The number of ether oxygens (including phenoxy) is 1. The van der Waals surface area contributed by atoms with E-state index in [-0.39, 0.29) is 5.91 Å². The highest BCUT2D eigenvalue weighted by Crippen LogP contribution is 2.21. The number of rotatable bonds is 3. The number of hydrogen-bond donors (Lipinski definition) is 1. The van der Waals surface area contributed by atoms with Gasteiger partial charge in [-0.2, -0.15) is 0 Å². The van der Waals surface area contributed by atoms with Gasteiger partial charge in [0.1, 0.15) is 5.75 Å². The molecule has 2 aromatic carbocycles. The Balaban J connectivity index is 2.24. The molecule has 0 aliphatic rings. The number of amides is 1. The summed E-state index contributed by atoms with van der Waals surface area (Å²) in [6.45, 7) is 5.96. The number of carbonyl (C=O) groups is 1. The quantitative estimate of drug-likeness (QED) is 0.918. The zero-order chi connectivity index (χ0) is 14.7. The molecule has 1 N–H and O–H groups in total. The van der Waals surface area contributed by atoms with Gasteiger partial charge < -0.3 is 10.1 Å². The molecule has 20 heavy (non-hydrogen) atoms. The van der Waals surface area contributed by atoms with Crippen LogP contribution in [0.5, 0.6) is 5.75 Å². The minimum absolute atomic E-state index is 0.107. The molecule has 2 rings (SSSR count). The topological polar surface area (TPSA) is 38.3 Å². The third-order valence-corrected chi connectivity index (χ3v) is 3.51. The van der Waals surface area contributed by atoms with E-state index in [1.54, 1.807) is 13.2 Å². The third kappa shape index (κ3) is 2.82. The maximum atomic E-state index is 12.3. The summed E-state index contributed by atoms with van der Waals surface area (Å²) in [5.74, 6) is 0.678. The zero-order valence-electron chi connectivity index (χ0n) is 12.3. The van der Waals surface area contributed by atoms with Crippen LogP contribution in [-0.2, 0) is 0 Å². The number of hydrogen-bond acceptors (Lipinski definition) is 2. The fourth-order valence-electron chi connectivity index (χ4n) is 2.10. The molecule has 3 heteroatoms. The lowest BCUT2D eigenvalue weighted by Gasteiger charge is -2.11. The molecular weight excluding hydrogens is 250 g/mol. The van der Waals surface area contributed by atoms with Crippen molar-refractivity contribution in [2.75, 3.05) is 12.4 Å². The highest BCUT2D eigenvalue weighted by molar-refractivity contribution is 6.04. The smallest absolute Gasteiger partial charge is 0.255 e.